The van der Waals surface area contributed by atoms with Crippen LogP contribution in [0.1, 0.15) is 11.3 Å². The fraction of sp³-hybridized carbons (Fsp3) is 0.111. The van der Waals surface area contributed by atoms with E-state index < -0.39 is 5.97 Å². The van der Waals surface area contributed by atoms with Gasteiger partial charge in [0.2, 0.25) is 0 Å². The summed E-state index contributed by atoms with van der Waals surface area (Å²) in [4.78, 5) is 15.9. The Bertz CT molecular complexity index is 907. The van der Waals surface area contributed by atoms with Crippen molar-refractivity contribution in [2.75, 3.05) is 0 Å². The summed E-state index contributed by atoms with van der Waals surface area (Å²) in [5.74, 6) is -0.875. The van der Waals surface area contributed by atoms with Crippen LogP contribution in [0.4, 0.5) is 0 Å². The van der Waals surface area contributed by atoms with E-state index in [0.29, 0.717) is 5.02 Å². The van der Waals surface area contributed by atoms with Gasteiger partial charge in [-0.2, -0.15) is 0 Å². The smallest absolute Gasteiger partial charge is 0.307 e. The van der Waals surface area contributed by atoms with Crippen LogP contribution in [-0.2, 0) is 11.2 Å². The van der Waals surface area contributed by atoms with Gasteiger partial charge in [-0.3, -0.25) is 9.78 Å². The SMILES string of the molecule is Cc1nc2ccc(Br)cc2c(-c2ccc(Cl)cc2)c1CC(=O)O. The summed E-state index contributed by atoms with van der Waals surface area (Å²) in [6, 6.07) is 13.2. The molecule has 23 heavy (non-hydrogen) atoms. The van der Waals surface area contributed by atoms with Crippen LogP contribution in [0, 0.1) is 6.92 Å². The van der Waals surface area contributed by atoms with Crippen LogP contribution in [0.2, 0.25) is 5.02 Å². The van der Waals surface area contributed by atoms with Crippen LogP contribution >= 0.6 is 27.5 Å². The van der Waals surface area contributed by atoms with E-state index in [2.05, 4.69) is 20.9 Å². The monoisotopic (exact) mass is 389 g/mol. The number of nitrogens with zero attached hydrogens (tertiary/aromatic N) is 1. The molecule has 1 N–H and O–H groups in total. The quantitative estimate of drug-likeness (QED) is 0.664. The Hall–Kier alpha value is -1.91. The molecule has 0 saturated carbocycles. The van der Waals surface area contributed by atoms with Crippen molar-refractivity contribution in [3.05, 3.63) is 63.2 Å². The number of fused-ring (bicyclic) bond motifs is 1. The van der Waals surface area contributed by atoms with Crippen molar-refractivity contribution in [2.24, 2.45) is 0 Å². The minimum atomic E-state index is -0.875. The Balaban J connectivity index is 2.39. The number of aromatic nitrogens is 1. The van der Waals surface area contributed by atoms with Gasteiger partial charge in [0.25, 0.3) is 0 Å². The van der Waals surface area contributed by atoms with Crippen LogP contribution in [0.3, 0.4) is 0 Å². The third kappa shape index (κ3) is 3.23. The summed E-state index contributed by atoms with van der Waals surface area (Å²) in [6.07, 6.45) is -0.0702. The van der Waals surface area contributed by atoms with Crippen molar-refractivity contribution in [3.8, 4) is 11.1 Å². The molecule has 0 bridgehead atoms. The first kappa shape index (κ1) is 16.0. The van der Waals surface area contributed by atoms with Gasteiger partial charge in [-0.25, -0.2) is 0 Å². The molecule has 116 valence electrons. The molecule has 5 heteroatoms. The third-order valence-electron chi connectivity index (χ3n) is 3.72. The zero-order valence-corrected chi connectivity index (χ0v) is 14.6. The molecule has 0 fully saturated rings. The molecule has 0 unspecified atom stereocenters. The number of aliphatic carboxylic acids is 1. The lowest BCUT2D eigenvalue weighted by molar-refractivity contribution is -0.136. The van der Waals surface area contributed by atoms with E-state index in [1.807, 2.05) is 37.3 Å². The topological polar surface area (TPSA) is 50.2 Å². The number of halogens is 2. The fourth-order valence-electron chi connectivity index (χ4n) is 2.71. The van der Waals surface area contributed by atoms with Crippen molar-refractivity contribution in [3.63, 3.8) is 0 Å². The number of carboxylic acids is 1. The fourth-order valence-corrected chi connectivity index (χ4v) is 3.20. The maximum absolute atomic E-state index is 11.3. The second-order valence-electron chi connectivity index (χ2n) is 5.29. The highest BCUT2D eigenvalue weighted by Gasteiger charge is 2.17. The van der Waals surface area contributed by atoms with E-state index in [1.165, 1.54) is 0 Å². The minimum Gasteiger partial charge on any atom is -0.481 e. The number of pyridine rings is 1. The summed E-state index contributed by atoms with van der Waals surface area (Å²) >= 11 is 9.46. The van der Waals surface area contributed by atoms with Crippen molar-refractivity contribution >= 4 is 44.4 Å². The number of aryl methyl sites for hydroxylation is 1. The van der Waals surface area contributed by atoms with Crippen LogP contribution in [-0.4, -0.2) is 16.1 Å². The second kappa shape index (κ2) is 6.30. The summed E-state index contributed by atoms with van der Waals surface area (Å²) in [7, 11) is 0. The molecule has 2 aromatic carbocycles. The van der Waals surface area contributed by atoms with Gasteiger partial charge in [0.05, 0.1) is 11.9 Å². The zero-order valence-electron chi connectivity index (χ0n) is 12.3. The molecular formula is C18H13BrClNO2. The van der Waals surface area contributed by atoms with Gasteiger partial charge in [0.1, 0.15) is 0 Å². The van der Waals surface area contributed by atoms with Crippen LogP contribution in [0.15, 0.2) is 46.9 Å². The number of carboxylic acid groups (broad SMARTS) is 1. The van der Waals surface area contributed by atoms with Gasteiger partial charge < -0.3 is 5.11 Å². The van der Waals surface area contributed by atoms with E-state index in [4.69, 9.17) is 11.6 Å². The standard InChI is InChI=1S/C18H13BrClNO2/c1-10-14(9-17(22)23)18(11-2-5-13(20)6-3-11)15-8-12(19)4-7-16(15)21-10/h2-8H,9H2,1H3,(H,22,23). The van der Waals surface area contributed by atoms with Crippen LogP contribution < -0.4 is 0 Å². The van der Waals surface area contributed by atoms with E-state index in [9.17, 15) is 9.90 Å². The van der Waals surface area contributed by atoms with Crippen LogP contribution in [0.25, 0.3) is 22.0 Å². The van der Waals surface area contributed by atoms with Crippen molar-refractivity contribution in [1.82, 2.24) is 4.98 Å². The minimum absolute atomic E-state index is 0.0702. The molecule has 0 spiro atoms. The Morgan fingerprint density at radius 3 is 2.57 bits per heavy atom. The number of hydrogen-bond acceptors (Lipinski definition) is 2. The van der Waals surface area contributed by atoms with Crippen molar-refractivity contribution < 1.29 is 9.90 Å². The molecule has 1 aromatic heterocycles. The van der Waals surface area contributed by atoms with E-state index in [1.54, 1.807) is 12.1 Å². The molecule has 0 amide bonds. The Kier molecular flexibility index (Phi) is 4.37. The van der Waals surface area contributed by atoms with Crippen molar-refractivity contribution in [2.45, 2.75) is 13.3 Å². The molecule has 3 nitrogen and oxygen atoms in total. The van der Waals surface area contributed by atoms with Gasteiger partial charge in [0.15, 0.2) is 0 Å². The summed E-state index contributed by atoms with van der Waals surface area (Å²) in [6.45, 7) is 1.85. The molecule has 0 radical (unpaired) electrons. The first-order chi connectivity index (χ1) is 11.0. The first-order valence-electron chi connectivity index (χ1n) is 7.02. The third-order valence-corrected chi connectivity index (χ3v) is 4.46. The van der Waals surface area contributed by atoms with Crippen LogP contribution in [0.5, 0.6) is 0 Å². The van der Waals surface area contributed by atoms with Crippen molar-refractivity contribution in [1.29, 1.82) is 0 Å². The number of benzene rings is 2. The van der Waals surface area contributed by atoms with Gasteiger partial charge in [0, 0.05) is 20.6 Å². The molecule has 0 aliphatic rings. The maximum atomic E-state index is 11.3. The lowest BCUT2D eigenvalue weighted by Crippen LogP contribution is -2.06. The Morgan fingerprint density at radius 2 is 1.91 bits per heavy atom. The predicted molar refractivity (Wildman–Crippen MR) is 96.0 cm³/mol. The molecule has 1 heterocycles. The normalized spacial score (nSPS) is 10.9. The molecule has 0 aliphatic carbocycles. The summed E-state index contributed by atoms with van der Waals surface area (Å²) in [5, 5.41) is 10.8. The molecule has 0 saturated heterocycles. The molecule has 0 atom stereocenters. The molecular weight excluding hydrogens is 378 g/mol. The van der Waals surface area contributed by atoms with Gasteiger partial charge in [-0.05, 0) is 53.9 Å². The number of hydrogen-bond donors (Lipinski definition) is 1. The van der Waals surface area contributed by atoms with E-state index in [0.717, 1.165) is 37.8 Å². The van der Waals surface area contributed by atoms with E-state index in [-0.39, 0.29) is 6.42 Å². The summed E-state index contributed by atoms with van der Waals surface area (Å²) in [5.41, 5.74) is 4.12. The molecule has 3 rings (SSSR count). The Labute approximate surface area is 147 Å². The molecule has 0 aliphatic heterocycles. The maximum Gasteiger partial charge on any atom is 0.307 e. The van der Waals surface area contributed by atoms with E-state index >= 15 is 0 Å². The molecule has 3 aromatic rings. The van der Waals surface area contributed by atoms with Gasteiger partial charge in [-0.15, -0.1) is 0 Å². The first-order valence-corrected chi connectivity index (χ1v) is 8.19. The van der Waals surface area contributed by atoms with Gasteiger partial charge in [-0.1, -0.05) is 39.7 Å². The lowest BCUT2D eigenvalue weighted by Gasteiger charge is -2.15. The highest BCUT2D eigenvalue weighted by atomic mass is 79.9. The lowest BCUT2D eigenvalue weighted by atomic mass is 9.93. The predicted octanol–water partition coefficient (Wildman–Crippen LogP) is 5.25. The highest BCUT2D eigenvalue weighted by molar-refractivity contribution is 9.10. The van der Waals surface area contributed by atoms with Gasteiger partial charge >= 0.3 is 5.97 Å². The summed E-state index contributed by atoms with van der Waals surface area (Å²) < 4.78 is 0.923. The number of rotatable bonds is 3. The highest BCUT2D eigenvalue weighted by Crippen LogP contribution is 2.35. The second-order valence-corrected chi connectivity index (χ2v) is 6.64. The number of carbonyl (C=O) groups is 1. The zero-order chi connectivity index (χ0) is 16.6. The average molecular weight is 391 g/mol. The Morgan fingerprint density at radius 1 is 1.22 bits per heavy atom. The average Bonchev–Trinajstić information content (AvgIpc) is 2.49. The largest absolute Gasteiger partial charge is 0.481 e.